The lowest BCUT2D eigenvalue weighted by molar-refractivity contribution is 0.102. The Labute approximate surface area is 164 Å². The van der Waals surface area contributed by atoms with E-state index in [-0.39, 0.29) is 6.04 Å². The van der Waals surface area contributed by atoms with Crippen molar-refractivity contribution in [1.82, 2.24) is 19.5 Å². The molecule has 5 heteroatoms. The molecule has 4 rings (SSSR count). The summed E-state index contributed by atoms with van der Waals surface area (Å²) >= 11 is 0. The zero-order valence-corrected chi connectivity index (χ0v) is 15.8. The summed E-state index contributed by atoms with van der Waals surface area (Å²) in [5.41, 5.74) is 5.15. The molecular weight excluding hydrogens is 348 g/mol. The second-order valence-corrected chi connectivity index (χ2v) is 6.60. The van der Waals surface area contributed by atoms with E-state index in [1.807, 2.05) is 48.8 Å². The van der Waals surface area contributed by atoms with Gasteiger partial charge in [0.05, 0.1) is 42.7 Å². The highest BCUT2D eigenvalue weighted by Gasteiger charge is 2.18. The van der Waals surface area contributed by atoms with Crippen LogP contribution in [0.4, 0.5) is 0 Å². The molecule has 0 spiro atoms. The molecule has 0 fully saturated rings. The molecule has 4 aromatic rings. The normalized spacial score (nSPS) is 12.0. The first kappa shape index (κ1) is 18.1. The topological polar surface area (TPSA) is 52.8 Å². The largest absolute Gasteiger partial charge is 0.370 e. The highest BCUT2D eigenvalue weighted by molar-refractivity contribution is 5.61. The minimum absolute atomic E-state index is 0.0308. The van der Waals surface area contributed by atoms with Gasteiger partial charge in [-0.3, -0.25) is 0 Å². The quantitative estimate of drug-likeness (QED) is 0.474. The summed E-state index contributed by atoms with van der Waals surface area (Å²) < 4.78 is 8.19. The predicted octanol–water partition coefficient (Wildman–Crippen LogP) is 4.67. The molecule has 5 nitrogen and oxygen atoms in total. The van der Waals surface area contributed by atoms with Gasteiger partial charge in [-0.05, 0) is 18.6 Å². The molecule has 0 aliphatic carbocycles. The van der Waals surface area contributed by atoms with Crippen molar-refractivity contribution >= 4 is 0 Å². The lowest BCUT2D eigenvalue weighted by Gasteiger charge is -2.17. The van der Waals surface area contributed by atoms with E-state index in [9.17, 15) is 0 Å². The van der Waals surface area contributed by atoms with Crippen LogP contribution < -0.4 is 0 Å². The Hall–Kier alpha value is -3.31. The molecule has 0 aliphatic heterocycles. The second-order valence-electron chi connectivity index (χ2n) is 6.60. The third-order valence-electron chi connectivity index (χ3n) is 4.74. The Morgan fingerprint density at radius 1 is 0.893 bits per heavy atom. The Bertz CT molecular complexity index is 1000. The maximum absolute atomic E-state index is 6.06. The maximum atomic E-state index is 6.06. The smallest absolute Gasteiger partial charge is 0.115 e. The Kier molecular flexibility index (Phi) is 5.54. The van der Waals surface area contributed by atoms with Crippen molar-refractivity contribution in [3.05, 3.63) is 103 Å². The molecule has 28 heavy (non-hydrogen) atoms. The third-order valence-corrected chi connectivity index (χ3v) is 4.74. The van der Waals surface area contributed by atoms with Gasteiger partial charge in [-0.25, -0.2) is 15.0 Å². The number of ether oxygens (including phenoxy) is 1. The van der Waals surface area contributed by atoms with Gasteiger partial charge in [0.25, 0.3) is 0 Å². The van der Waals surface area contributed by atoms with Crippen molar-refractivity contribution in [2.45, 2.75) is 26.2 Å². The second kappa shape index (κ2) is 8.59. The van der Waals surface area contributed by atoms with Crippen LogP contribution in [0.3, 0.4) is 0 Å². The van der Waals surface area contributed by atoms with Gasteiger partial charge >= 0.3 is 0 Å². The van der Waals surface area contributed by atoms with Crippen LogP contribution in [-0.2, 0) is 18.0 Å². The average Bonchev–Trinajstić information content (AvgIpc) is 3.19. The van der Waals surface area contributed by atoms with Crippen molar-refractivity contribution < 1.29 is 4.74 Å². The molecule has 2 aromatic heterocycles. The van der Waals surface area contributed by atoms with E-state index in [0.717, 1.165) is 28.2 Å². The molecule has 1 atom stereocenters. The lowest BCUT2D eigenvalue weighted by atomic mass is 10.1. The highest BCUT2D eigenvalue weighted by atomic mass is 16.5. The van der Waals surface area contributed by atoms with Gasteiger partial charge in [0, 0.05) is 11.8 Å². The summed E-state index contributed by atoms with van der Waals surface area (Å²) in [4.78, 5) is 13.1. The van der Waals surface area contributed by atoms with E-state index >= 15 is 0 Å². The summed E-state index contributed by atoms with van der Waals surface area (Å²) in [7, 11) is 0. The van der Waals surface area contributed by atoms with Crippen LogP contribution in [-0.4, -0.2) is 19.5 Å². The van der Waals surface area contributed by atoms with Crippen molar-refractivity contribution in [2.24, 2.45) is 0 Å². The fraction of sp³-hybridized carbons (Fsp3) is 0.174. The first-order chi connectivity index (χ1) is 13.8. The fourth-order valence-corrected chi connectivity index (χ4v) is 3.23. The van der Waals surface area contributed by atoms with E-state index in [1.54, 1.807) is 12.5 Å². The van der Waals surface area contributed by atoms with Gasteiger partial charge in [-0.1, -0.05) is 60.7 Å². The molecule has 0 amide bonds. The van der Waals surface area contributed by atoms with Crippen LogP contribution in [0.5, 0.6) is 0 Å². The van der Waals surface area contributed by atoms with E-state index in [1.165, 1.54) is 0 Å². The molecule has 0 bridgehead atoms. The zero-order chi connectivity index (χ0) is 19.2. The fourth-order valence-electron chi connectivity index (χ4n) is 3.23. The van der Waals surface area contributed by atoms with Crippen LogP contribution >= 0.6 is 0 Å². The number of benzene rings is 2. The van der Waals surface area contributed by atoms with Crippen LogP contribution in [0, 0.1) is 0 Å². The monoisotopic (exact) mass is 370 g/mol. The Balaban J connectivity index is 1.63. The third kappa shape index (κ3) is 4.00. The van der Waals surface area contributed by atoms with Gasteiger partial charge in [-0.2, -0.15) is 0 Å². The van der Waals surface area contributed by atoms with Crippen molar-refractivity contribution in [2.75, 3.05) is 0 Å². The number of imidazole rings is 1. The van der Waals surface area contributed by atoms with Gasteiger partial charge in [0.2, 0.25) is 0 Å². The summed E-state index contributed by atoms with van der Waals surface area (Å²) in [6.07, 6.45) is 5.21. The van der Waals surface area contributed by atoms with Gasteiger partial charge in [0.1, 0.15) is 6.33 Å². The van der Waals surface area contributed by atoms with Crippen molar-refractivity contribution in [1.29, 1.82) is 0 Å². The molecule has 0 unspecified atom stereocenters. The van der Waals surface area contributed by atoms with Crippen molar-refractivity contribution in [3.8, 4) is 11.3 Å². The number of hydrogen-bond acceptors (Lipinski definition) is 4. The van der Waals surface area contributed by atoms with Crippen LogP contribution in [0.15, 0.2) is 85.6 Å². The zero-order valence-electron chi connectivity index (χ0n) is 15.8. The lowest BCUT2D eigenvalue weighted by Crippen LogP contribution is -2.12. The van der Waals surface area contributed by atoms with Crippen LogP contribution in [0.1, 0.15) is 29.9 Å². The van der Waals surface area contributed by atoms with Gasteiger partial charge in [-0.15, -0.1) is 0 Å². The number of aromatic nitrogens is 4. The summed E-state index contributed by atoms with van der Waals surface area (Å²) in [6.45, 7) is 3.14. The molecule has 0 saturated carbocycles. The van der Waals surface area contributed by atoms with Gasteiger partial charge < -0.3 is 9.30 Å². The van der Waals surface area contributed by atoms with E-state index in [2.05, 4.69) is 45.7 Å². The molecule has 2 aromatic carbocycles. The molecule has 0 N–H and O–H groups in total. The minimum atomic E-state index is 0.0308. The average molecular weight is 370 g/mol. The van der Waals surface area contributed by atoms with E-state index in [0.29, 0.717) is 13.2 Å². The molecular formula is C23H22N4O. The maximum Gasteiger partial charge on any atom is 0.115 e. The Morgan fingerprint density at radius 3 is 2.36 bits per heavy atom. The number of nitrogens with zero attached hydrogens (tertiary/aromatic N) is 4. The van der Waals surface area contributed by atoms with E-state index < -0.39 is 0 Å². The summed E-state index contributed by atoms with van der Waals surface area (Å²) in [5, 5.41) is 0. The first-order valence-corrected chi connectivity index (χ1v) is 9.31. The predicted molar refractivity (Wildman–Crippen MR) is 108 cm³/mol. The SMILES string of the molecule is C[C@H](c1ccncn1)n1cnc(-c2ccccc2)c1COCc1ccccc1. The molecule has 140 valence electrons. The number of hydrogen-bond donors (Lipinski definition) is 0. The number of rotatable bonds is 7. The first-order valence-electron chi connectivity index (χ1n) is 9.31. The summed E-state index contributed by atoms with van der Waals surface area (Å²) in [5.74, 6) is 0. The molecule has 2 heterocycles. The summed E-state index contributed by atoms with van der Waals surface area (Å²) in [6, 6.07) is 22.4. The molecule has 0 aliphatic rings. The highest BCUT2D eigenvalue weighted by Crippen LogP contribution is 2.27. The Morgan fingerprint density at radius 2 is 1.64 bits per heavy atom. The van der Waals surface area contributed by atoms with Crippen LogP contribution in [0.2, 0.25) is 0 Å². The minimum Gasteiger partial charge on any atom is -0.370 e. The van der Waals surface area contributed by atoms with E-state index in [4.69, 9.17) is 9.72 Å². The molecule has 0 saturated heterocycles. The van der Waals surface area contributed by atoms with Crippen molar-refractivity contribution in [3.63, 3.8) is 0 Å². The molecule has 0 radical (unpaired) electrons. The standard InChI is InChI=1S/C23H22N4O/c1-18(21-12-13-24-16-25-21)27-17-26-23(20-10-6-3-7-11-20)22(27)15-28-14-19-8-4-2-5-9-19/h2-13,16-18H,14-15H2,1H3/t18-/m1/s1. The van der Waals surface area contributed by atoms with Crippen LogP contribution in [0.25, 0.3) is 11.3 Å². The van der Waals surface area contributed by atoms with Gasteiger partial charge in [0.15, 0.2) is 0 Å².